The lowest BCUT2D eigenvalue weighted by Gasteiger charge is -2.18. The van der Waals surface area contributed by atoms with Crippen LogP contribution in [0.2, 0.25) is 0 Å². The van der Waals surface area contributed by atoms with Crippen LogP contribution >= 0.6 is 0 Å². The SMILES string of the molecule is O=C(O)C1CCc2c(C(F)(F)F)n[nH]c2C1. The number of carboxylic acid groups (broad SMARTS) is 1. The molecule has 7 heteroatoms. The molecule has 0 amide bonds. The molecule has 0 saturated heterocycles. The highest BCUT2D eigenvalue weighted by Gasteiger charge is 2.39. The summed E-state index contributed by atoms with van der Waals surface area (Å²) in [5.41, 5.74) is -0.498. The van der Waals surface area contributed by atoms with Crippen molar-refractivity contribution in [2.24, 2.45) is 5.92 Å². The van der Waals surface area contributed by atoms with Crippen LogP contribution in [0, 0.1) is 5.92 Å². The summed E-state index contributed by atoms with van der Waals surface area (Å²) in [6.07, 6.45) is -4.05. The van der Waals surface area contributed by atoms with Gasteiger partial charge in [0, 0.05) is 17.7 Å². The smallest absolute Gasteiger partial charge is 0.435 e. The Balaban J connectivity index is 2.31. The molecule has 0 bridgehead atoms. The van der Waals surface area contributed by atoms with Crippen molar-refractivity contribution in [2.75, 3.05) is 0 Å². The zero-order chi connectivity index (χ0) is 11.9. The number of hydrogen-bond donors (Lipinski definition) is 2. The summed E-state index contributed by atoms with van der Waals surface area (Å²) in [7, 11) is 0. The molecule has 0 aromatic carbocycles. The number of nitrogens with one attached hydrogen (secondary N) is 1. The zero-order valence-electron chi connectivity index (χ0n) is 8.14. The summed E-state index contributed by atoms with van der Waals surface area (Å²) in [6.45, 7) is 0. The van der Waals surface area contributed by atoms with Crippen LogP contribution in [0.15, 0.2) is 0 Å². The first-order chi connectivity index (χ1) is 7.39. The zero-order valence-corrected chi connectivity index (χ0v) is 8.14. The highest BCUT2D eigenvalue weighted by atomic mass is 19.4. The molecule has 0 fully saturated rings. The number of fused-ring (bicyclic) bond motifs is 1. The Morgan fingerprint density at radius 3 is 2.75 bits per heavy atom. The van der Waals surface area contributed by atoms with Gasteiger partial charge in [-0.2, -0.15) is 18.3 Å². The maximum atomic E-state index is 12.5. The maximum absolute atomic E-state index is 12.5. The summed E-state index contributed by atoms with van der Waals surface area (Å²) in [5.74, 6) is -1.59. The molecule has 2 rings (SSSR count). The van der Waals surface area contributed by atoms with Gasteiger partial charge in [0.25, 0.3) is 0 Å². The lowest BCUT2D eigenvalue weighted by Crippen LogP contribution is -2.23. The van der Waals surface area contributed by atoms with Gasteiger partial charge >= 0.3 is 12.1 Å². The van der Waals surface area contributed by atoms with Crippen LogP contribution in [0.4, 0.5) is 13.2 Å². The van der Waals surface area contributed by atoms with E-state index in [9.17, 15) is 18.0 Å². The third-order valence-electron chi connectivity index (χ3n) is 2.76. The standard InChI is InChI=1S/C9H9F3N2O2/c10-9(11,12)7-5-2-1-4(8(15)16)3-6(5)13-14-7/h4H,1-3H2,(H,13,14)(H,15,16). The fourth-order valence-electron chi connectivity index (χ4n) is 1.95. The minimum Gasteiger partial charge on any atom is -0.481 e. The molecule has 0 radical (unpaired) electrons. The van der Waals surface area contributed by atoms with E-state index < -0.39 is 23.8 Å². The van der Waals surface area contributed by atoms with E-state index in [0.717, 1.165) is 0 Å². The van der Waals surface area contributed by atoms with E-state index in [1.807, 2.05) is 0 Å². The number of H-pyrrole nitrogens is 1. The van der Waals surface area contributed by atoms with Gasteiger partial charge in [-0.25, -0.2) is 0 Å². The quantitative estimate of drug-likeness (QED) is 0.775. The molecule has 0 spiro atoms. The Morgan fingerprint density at radius 2 is 2.19 bits per heavy atom. The van der Waals surface area contributed by atoms with Crippen LogP contribution in [0.25, 0.3) is 0 Å². The van der Waals surface area contributed by atoms with Crippen LogP contribution < -0.4 is 0 Å². The minimum atomic E-state index is -4.47. The largest absolute Gasteiger partial charge is 0.481 e. The fourth-order valence-corrected chi connectivity index (χ4v) is 1.95. The Kier molecular flexibility index (Phi) is 2.40. The van der Waals surface area contributed by atoms with E-state index in [4.69, 9.17) is 5.11 Å². The molecule has 1 aromatic heterocycles. The van der Waals surface area contributed by atoms with Crippen molar-refractivity contribution in [1.82, 2.24) is 10.2 Å². The van der Waals surface area contributed by atoms with E-state index >= 15 is 0 Å². The number of aliphatic carboxylic acids is 1. The third-order valence-corrected chi connectivity index (χ3v) is 2.76. The van der Waals surface area contributed by atoms with Gasteiger partial charge in [0.15, 0.2) is 5.69 Å². The number of carbonyl (C=O) groups is 1. The molecule has 1 unspecified atom stereocenters. The second-order valence-corrected chi connectivity index (χ2v) is 3.81. The highest BCUT2D eigenvalue weighted by molar-refractivity contribution is 5.70. The molecule has 0 aliphatic heterocycles. The number of hydrogen-bond acceptors (Lipinski definition) is 2. The Bertz CT molecular complexity index is 425. The van der Waals surface area contributed by atoms with Crippen LogP contribution in [0.3, 0.4) is 0 Å². The van der Waals surface area contributed by atoms with E-state index in [0.29, 0.717) is 5.69 Å². The number of carboxylic acids is 1. The number of aromatic amines is 1. The number of nitrogens with zero attached hydrogens (tertiary/aromatic N) is 1. The van der Waals surface area contributed by atoms with Gasteiger partial charge < -0.3 is 5.11 Å². The molecule has 1 atom stereocenters. The number of rotatable bonds is 1. The molecular weight excluding hydrogens is 225 g/mol. The first-order valence-corrected chi connectivity index (χ1v) is 4.75. The second-order valence-electron chi connectivity index (χ2n) is 3.81. The first kappa shape index (κ1) is 11.0. The molecule has 1 aliphatic carbocycles. The summed E-state index contributed by atoms with van der Waals surface area (Å²) < 4.78 is 37.4. The van der Waals surface area contributed by atoms with Gasteiger partial charge in [0.05, 0.1) is 5.92 Å². The lowest BCUT2D eigenvalue weighted by molar-refractivity contribution is -0.142. The Hall–Kier alpha value is -1.53. The van der Waals surface area contributed by atoms with Crippen molar-refractivity contribution in [1.29, 1.82) is 0 Å². The summed E-state index contributed by atoms with van der Waals surface area (Å²) in [5, 5.41) is 14.3. The van der Waals surface area contributed by atoms with E-state index in [-0.39, 0.29) is 24.8 Å². The van der Waals surface area contributed by atoms with Crippen molar-refractivity contribution < 1.29 is 23.1 Å². The van der Waals surface area contributed by atoms with E-state index in [1.54, 1.807) is 0 Å². The number of aromatic nitrogens is 2. The normalized spacial score (nSPS) is 20.6. The van der Waals surface area contributed by atoms with Crippen molar-refractivity contribution >= 4 is 5.97 Å². The maximum Gasteiger partial charge on any atom is 0.435 e. The van der Waals surface area contributed by atoms with Gasteiger partial charge in [0.1, 0.15) is 0 Å². The molecule has 4 nitrogen and oxygen atoms in total. The van der Waals surface area contributed by atoms with Gasteiger partial charge in [-0.05, 0) is 12.8 Å². The van der Waals surface area contributed by atoms with Gasteiger partial charge in [-0.15, -0.1) is 0 Å². The average molecular weight is 234 g/mol. The van der Waals surface area contributed by atoms with E-state index in [1.165, 1.54) is 0 Å². The van der Waals surface area contributed by atoms with Gasteiger partial charge in [-0.3, -0.25) is 9.89 Å². The fraction of sp³-hybridized carbons (Fsp3) is 0.556. The third kappa shape index (κ3) is 1.77. The monoisotopic (exact) mass is 234 g/mol. The van der Waals surface area contributed by atoms with Crippen LogP contribution in [0.1, 0.15) is 23.4 Å². The molecule has 1 aromatic rings. The molecule has 16 heavy (non-hydrogen) atoms. The van der Waals surface area contributed by atoms with E-state index in [2.05, 4.69) is 10.2 Å². The van der Waals surface area contributed by atoms with Crippen molar-refractivity contribution in [3.8, 4) is 0 Å². The highest BCUT2D eigenvalue weighted by Crippen LogP contribution is 2.35. The number of halogens is 3. The molecule has 1 aliphatic rings. The Labute approximate surface area is 88.5 Å². The predicted octanol–water partition coefficient (Wildman–Crippen LogP) is 1.62. The summed E-state index contributed by atoms with van der Waals surface area (Å²) >= 11 is 0. The molecule has 2 N–H and O–H groups in total. The van der Waals surface area contributed by atoms with Gasteiger partial charge in [-0.1, -0.05) is 0 Å². The molecule has 88 valence electrons. The van der Waals surface area contributed by atoms with Crippen LogP contribution in [-0.4, -0.2) is 21.3 Å². The molecular formula is C9H9F3N2O2. The van der Waals surface area contributed by atoms with Crippen molar-refractivity contribution in [2.45, 2.75) is 25.4 Å². The second kappa shape index (κ2) is 3.50. The summed E-state index contributed by atoms with van der Waals surface area (Å²) in [6, 6.07) is 0. The van der Waals surface area contributed by atoms with Crippen LogP contribution in [0.5, 0.6) is 0 Å². The summed E-state index contributed by atoms with van der Waals surface area (Å²) in [4.78, 5) is 10.7. The average Bonchev–Trinajstić information content (AvgIpc) is 2.58. The van der Waals surface area contributed by atoms with Gasteiger partial charge in [0.2, 0.25) is 0 Å². The topological polar surface area (TPSA) is 66.0 Å². The Morgan fingerprint density at radius 1 is 1.50 bits per heavy atom. The minimum absolute atomic E-state index is 0.0910. The molecule has 0 saturated carbocycles. The van der Waals surface area contributed by atoms with Crippen molar-refractivity contribution in [3.05, 3.63) is 17.0 Å². The first-order valence-electron chi connectivity index (χ1n) is 4.75. The predicted molar refractivity (Wildman–Crippen MR) is 46.7 cm³/mol. The lowest BCUT2D eigenvalue weighted by atomic mass is 9.87. The van der Waals surface area contributed by atoms with Crippen LogP contribution in [-0.2, 0) is 23.8 Å². The molecule has 1 heterocycles. The van der Waals surface area contributed by atoms with Crippen molar-refractivity contribution in [3.63, 3.8) is 0 Å². The number of alkyl halides is 3.